The summed E-state index contributed by atoms with van der Waals surface area (Å²) in [4.78, 5) is 66.7. The molecule has 0 unspecified atom stereocenters. The summed E-state index contributed by atoms with van der Waals surface area (Å²) in [5.74, 6) is 2.63. The molecule has 68 heavy (non-hydrogen) atoms. The van der Waals surface area contributed by atoms with Crippen molar-refractivity contribution in [1.29, 1.82) is 0 Å². The molecular weight excluding hydrogens is 881 g/mol. The van der Waals surface area contributed by atoms with Gasteiger partial charge in [0.05, 0.1) is 52.9 Å². The molecule has 4 aliphatic rings. The largest absolute Gasteiger partial charge is 0.361 e. The molecule has 0 spiro atoms. The van der Waals surface area contributed by atoms with Crippen LogP contribution in [0.3, 0.4) is 0 Å². The zero-order valence-electron chi connectivity index (χ0n) is 44.7. The monoisotopic (exact) mass is 973 g/mol. The second kappa shape index (κ2) is 29.2. The maximum atomic E-state index is 13.5. The molecule has 0 saturated carbocycles. The third kappa shape index (κ3) is 17.6. The molecular formula is C48H92N8O12. The molecule has 4 saturated heterocycles. The third-order valence-electron chi connectivity index (χ3n) is 10.5. The number of hydrogen-bond acceptors (Lipinski definition) is 12. The quantitative estimate of drug-likeness (QED) is 0.0663. The average molecular weight is 973 g/mol. The Hall–Kier alpha value is -3.24. The fraction of sp³-hybridized carbons (Fsp3) is 0.917. The van der Waals surface area contributed by atoms with E-state index in [0.29, 0.717) is 100 Å². The molecule has 0 atom stereocenters. The molecule has 0 aliphatic carbocycles. The summed E-state index contributed by atoms with van der Waals surface area (Å²) in [6.45, 7) is 37.8. The fourth-order valence-corrected chi connectivity index (χ4v) is 7.67. The highest BCUT2D eigenvalue weighted by Crippen LogP contribution is 2.37. The maximum Gasteiger partial charge on any atom is 0.327 e. The molecule has 0 aromatic heterocycles. The molecule has 4 heterocycles. The minimum absolute atomic E-state index is 0.0908. The van der Waals surface area contributed by atoms with Crippen molar-refractivity contribution in [1.82, 2.24) is 39.2 Å². The lowest BCUT2D eigenvalue weighted by atomic mass is 10.2. The molecule has 8 amide bonds. The Morgan fingerprint density at radius 1 is 0.250 bits per heavy atom. The summed E-state index contributed by atoms with van der Waals surface area (Å²) in [6, 6.07) is -0.897. The van der Waals surface area contributed by atoms with E-state index >= 15 is 0 Å². The van der Waals surface area contributed by atoms with E-state index in [1.54, 1.807) is 39.2 Å². The number of nitrogens with zero attached hydrogens (tertiary/aromatic N) is 8. The number of carbonyl (C=O) groups is 4. The molecule has 0 aromatic carbocycles. The Balaban J connectivity index is 0.000000360. The first-order valence-corrected chi connectivity index (χ1v) is 25.0. The first kappa shape index (κ1) is 59.1. The standard InChI is InChI=1S/2C24H46N4O6/c2*1-17(2)9-31-13-25-21-22(27(23(25)29)15-33-11-19(5)6)28(16-34-12-20(7)8)24(30)26(21)14-32-10-18(3)4/h2*17-22H,9-16H2,1-8H3. The van der Waals surface area contributed by atoms with Crippen LogP contribution in [0.15, 0.2) is 0 Å². The predicted molar refractivity (Wildman–Crippen MR) is 257 cm³/mol. The molecule has 0 radical (unpaired) electrons. The van der Waals surface area contributed by atoms with Crippen LogP contribution >= 0.6 is 0 Å². The second-order valence-electron chi connectivity index (χ2n) is 21.7. The van der Waals surface area contributed by atoms with Gasteiger partial charge in [0.2, 0.25) is 0 Å². The van der Waals surface area contributed by atoms with Crippen LogP contribution in [0, 0.1) is 47.3 Å². The van der Waals surface area contributed by atoms with Crippen molar-refractivity contribution in [3.63, 3.8) is 0 Å². The summed E-state index contributed by atoms with van der Waals surface area (Å²) < 4.78 is 46.7. The van der Waals surface area contributed by atoms with Crippen molar-refractivity contribution in [2.24, 2.45) is 47.3 Å². The summed E-state index contributed by atoms with van der Waals surface area (Å²) in [5.41, 5.74) is 0. The van der Waals surface area contributed by atoms with E-state index in [9.17, 15) is 19.2 Å². The van der Waals surface area contributed by atoms with Crippen LogP contribution in [-0.2, 0) is 37.9 Å². The zero-order chi connectivity index (χ0) is 50.8. The van der Waals surface area contributed by atoms with Crippen LogP contribution < -0.4 is 0 Å². The van der Waals surface area contributed by atoms with Crippen LogP contribution in [0.25, 0.3) is 0 Å². The normalized spacial score (nSPS) is 20.9. The lowest BCUT2D eigenvalue weighted by molar-refractivity contribution is -0.0438. The van der Waals surface area contributed by atoms with Gasteiger partial charge in [-0.05, 0) is 47.3 Å². The van der Waals surface area contributed by atoms with Crippen LogP contribution in [0.1, 0.15) is 111 Å². The second-order valence-corrected chi connectivity index (χ2v) is 21.7. The summed E-state index contributed by atoms with van der Waals surface area (Å²) in [5, 5.41) is 0. The van der Waals surface area contributed by atoms with Gasteiger partial charge in [0, 0.05) is 0 Å². The van der Waals surface area contributed by atoms with Crippen LogP contribution in [0.2, 0.25) is 0 Å². The van der Waals surface area contributed by atoms with Crippen LogP contribution in [0.4, 0.5) is 19.2 Å². The van der Waals surface area contributed by atoms with Gasteiger partial charge in [-0.25, -0.2) is 19.2 Å². The Bertz CT molecular complexity index is 1190. The molecule has 20 nitrogen and oxygen atoms in total. The molecule has 4 rings (SSSR count). The van der Waals surface area contributed by atoms with Crippen LogP contribution in [0.5, 0.6) is 0 Å². The van der Waals surface area contributed by atoms with Gasteiger partial charge in [-0.2, -0.15) is 0 Å². The van der Waals surface area contributed by atoms with Gasteiger partial charge in [0.25, 0.3) is 0 Å². The summed E-state index contributed by atoms with van der Waals surface area (Å²) in [7, 11) is 0. The van der Waals surface area contributed by atoms with E-state index in [1.807, 2.05) is 0 Å². The van der Waals surface area contributed by atoms with Gasteiger partial charge in [-0.1, -0.05) is 111 Å². The molecule has 4 aliphatic heterocycles. The first-order chi connectivity index (χ1) is 32.1. The van der Waals surface area contributed by atoms with Crippen molar-refractivity contribution in [3.05, 3.63) is 0 Å². The van der Waals surface area contributed by atoms with Gasteiger partial charge in [0.15, 0.2) is 24.7 Å². The van der Waals surface area contributed by atoms with E-state index in [1.165, 1.54) is 0 Å². The van der Waals surface area contributed by atoms with Gasteiger partial charge in [-0.3, -0.25) is 39.2 Å². The SMILES string of the molecule is CC(C)COCN1C(=O)N(COCC(C)C)C2C1N(COCC(C)C)C(=O)N2COCC(C)C.CC(C)COCN1C(=O)N(COCC(C)C)C2C1N(COCC(C)C)C(=O)N2COCC(C)C. The van der Waals surface area contributed by atoms with Gasteiger partial charge in [-0.15, -0.1) is 0 Å². The topological polar surface area (TPSA) is 168 Å². The van der Waals surface area contributed by atoms with E-state index in [2.05, 4.69) is 111 Å². The Kier molecular flexibility index (Phi) is 25.4. The number of rotatable bonds is 32. The molecule has 20 heteroatoms. The smallest absolute Gasteiger partial charge is 0.327 e. The minimum atomic E-state index is -0.551. The maximum absolute atomic E-state index is 13.5. The van der Waals surface area contributed by atoms with Crippen molar-refractivity contribution in [3.8, 4) is 0 Å². The van der Waals surface area contributed by atoms with Gasteiger partial charge in [0.1, 0.15) is 53.8 Å². The minimum Gasteiger partial charge on any atom is -0.361 e. The number of amides is 8. The Labute approximate surface area is 409 Å². The highest BCUT2D eigenvalue weighted by atomic mass is 16.5. The molecule has 0 bridgehead atoms. The average Bonchev–Trinajstić information content (AvgIpc) is 3.85. The van der Waals surface area contributed by atoms with Crippen molar-refractivity contribution < 1.29 is 57.1 Å². The molecule has 396 valence electrons. The molecule has 0 N–H and O–H groups in total. The van der Waals surface area contributed by atoms with E-state index < -0.39 is 24.7 Å². The van der Waals surface area contributed by atoms with E-state index in [0.717, 1.165) is 0 Å². The van der Waals surface area contributed by atoms with Crippen molar-refractivity contribution in [2.75, 3.05) is 107 Å². The van der Waals surface area contributed by atoms with Crippen molar-refractivity contribution in [2.45, 2.75) is 135 Å². The number of carbonyl (C=O) groups excluding carboxylic acids is 4. The van der Waals surface area contributed by atoms with E-state index in [-0.39, 0.29) is 78.0 Å². The Morgan fingerprint density at radius 2 is 0.353 bits per heavy atom. The first-order valence-electron chi connectivity index (χ1n) is 25.0. The number of fused-ring (bicyclic) bond motifs is 2. The number of ether oxygens (including phenoxy) is 8. The highest BCUT2D eigenvalue weighted by Gasteiger charge is 2.61. The Morgan fingerprint density at radius 3 is 0.441 bits per heavy atom. The molecule has 0 aromatic rings. The fourth-order valence-electron chi connectivity index (χ4n) is 7.67. The number of urea groups is 4. The summed E-state index contributed by atoms with van der Waals surface area (Å²) in [6.07, 6.45) is -2.21. The highest BCUT2D eigenvalue weighted by molar-refractivity contribution is 5.86. The van der Waals surface area contributed by atoms with Gasteiger partial charge >= 0.3 is 24.1 Å². The van der Waals surface area contributed by atoms with E-state index in [4.69, 9.17) is 37.9 Å². The van der Waals surface area contributed by atoms with Gasteiger partial charge < -0.3 is 37.9 Å². The van der Waals surface area contributed by atoms with Crippen LogP contribution in [-0.4, -0.2) is 195 Å². The summed E-state index contributed by atoms with van der Waals surface area (Å²) >= 11 is 0. The van der Waals surface area contributed by atoms with Crippen molar-refractivity contribution >= 4 is 24.1 Å². The lowest BCUT2D eigenvalue weighted by Crippen LogP contribution is -2.48. The zero-order valence-corrected chi connectivity index (χ0v) is 44.7. The predicted octanol–water partition coefficient (Wildman–Crippen LogP) is 7.27. The molecule has 4 fully saturated rings. The number of hydrogen-bond donors (Lipinski definition) is 0. The lowest BCUT2D eigenvalue weighted by Gasteiger charge is -2.30. The third-order valence-corrected chi connectivity index (χ3v) is 10.5.